The van der Waals surface area contributed by atoms with Gasteiger partial charge in [0.2, 0.25) is 5.91 Å². The van der Waals surface area contributed by atoms with Crippen LogP contribution in [0, 0.1) is 0 Å². The topological polar surface area (TPSA) is 61.9 Å². The molecule has 2 aromatic rings. The van der Waals surface area contributed by atoms with E-state index >= 15 is 0 Å². The van der Waals surface area contributed by atoms with Gasteiger partial charge in [-0.1, -0.05) is 42.5 Å². The Morgan fingerprint density at radius 3 is 2.39 bits per heavy atom. The van der Waals surface area contributed by atoms with E-state index < -0.39 is 0 Å². The molecule has 148 valence electrons. The first-order chi connectivity index (χ1) is 13.7. The molecule has 1 saturated heterocycles. The number of piperazine rings is 1. The van der Waals surface area contributed by atoms with E-state index in [0.29, 0.717) is 51.4 Å². The fraction of sp³-hybridized carbons (Fsp3) is 0.364. The number of hydrogen-bond acceptors (Lipinski definition) is 4. The lowest BCUT2D eigenvalue weighted by molar-refractivity contribution is -0.122. The summed E-state index contributed by atoms with van der Waals surface area (Å²) in [6, 6.07) is 17.4. The highest BCUT2D eigenvalue weighted by molar-refractivity contribution is 5.94. The van der Waals surface area contributed by atoms with Gasteiger partial charge in [-0.25, -0.2) is 0 Å². The number of rotatable bonds is 7. The van der Waals surface area contributed by atoms with Crippen LogP contribution in [-0.2, 0) is 22.7 Å². The molecule has 1 aliphatic heterocycles. The molecule has 0 spiro atoms. The van der Waals surface area contributed by atoms with Crippen LogP contribution in [0.2, 0.25) is 0 Å². The Labute approximate surface area is 166 Å². The van der Waals surface area contributed by atoms with E-state index in [9.17, 15) is 9.59 Å². The van der Waals surface area contributed by atoms with Crippen LogP contribution < -0.4 is 5.32 Å². The average molecular weight is 381 g/mol. The third-order valence-electron chi connectivity index (χ3n) is 4.84. The largest absolute Gasteiger partial charge is 0.380 e. The molecule has 0 unspecified atom stereocenters. The monoisotopic (exact) mass is 381 g/mol. The van der Waals surface area contributed by atoms with Crippen LogP contribution in [0.1, 0.15) is 21.5 Å². The minimum Gasteiger partial charge on any atom is -0.380 e. The molecule has 1 N–H and O–H groups in total. The Hall–Kier alpha value is -2.70. The fourth-order valence-corrected chi connectivity index (χ4v) is 3.31. The van der Waals surface area contributed by atoms with Gasteiger partial charge in [0.25, 0.3) is 5.91 Å². The van der Waals surface area contributed by atoms with Gasteiger partial charge in [0.15, 0.2) is 0 Å². The lowest BCUT2D eigenvalue weighted by Gasteiger charge is -2.34. The molecule has 0 aliphatic carbocycles. The average Bonchev–Trinajstić information content (AvgIpc) is 2.73. The van der Waals surface area contributed by atoms with Crippen molar-refractivity contribution in [3.63, 3.8) is 0 Å². The number of nitrogens with zero attached hydrogens (tertiary/aromatic N) is 2. The van der Waals surface area contributed by atoms with Gasteiger partial charge < -0.3 is 15.0 Å². The predicted molar refractivity (Wildman–Crippen MR) is 108 cm³/mol. The molecule has 3 rings (SSSR count). The van der Waals surface area contributed by atoms with Crippen LogP contribution in [0.25, 0.3) is 0 Å². The summed E-state index contributed by atoms with van der Waals surface area (Å²) >= 11 is 0. The molecule has 0 aromatic heterocycles. The summed E-state index contributed by atoms with van der Waals surface area (Å²) < 4.78 is 5.14. The molecule has 0 bridgehead atoms. The van der Waals surface area contributed by atoms with Crippen molar-refractivity contribution in [1.82, 2.24) is 15.1 Å². The van der Waals surface area contributed by atoms with Gasteiger partial charge in [-0.2, -0.15) is 0 Å². The molecular weight excluding hydrogens is 354 g/mol. The van der Waals surface area contributed by atoms with Crippen LogP contribution in [0.3, 0.4) is 0 Å². The highest BCUT2D eigenvalue weighted by atomic mass is 16.5. The van der Waals surface area contributed by atoms with Crippen LogP contribution >= 0.6 is 0 Å². The normalized spacial score (nSPS) is 14.7. The molecule has 0 saturated carbocycles. The minimum atomic E-state index is 0.0101. The van der Waals surface area contributed by atoms with Crippen molar-refractivity contribution in [2.45, 2.75) is 13.2 Å². The molecule has 0 atom stereocenters. The van der Waals surface area contributed by atoms with Crippen LogP contribution in [0.4, 0.5) is 0 Å². The molecule has 0 radical (unpaired) electrons. The zero-order chi connectivity index (χ0) is 19.8. The standard InChI is InChI=1S/C22H27N3O3/c1-28-17-19-8-5-9-20(14-19)22(27)25-12-10-24(11-13-25)16-21(26)23-15-18-6-3-2-4-7-18/h2-9,14H,10-13,15-17H2,1H3,(H,23,26). The van der Waals surface area contributed by atoms with Crippen molar-refractivity contribution in [3.8, 4) is 0 Å². The second-order valence-corrected chi connectivity index (χ2v) is 6.96. The van der Waals surface area contributed by atoms with Gasteiger partial charge in [-0.05, 0) is 23.3 Å². The summed E-state index contributed by atoms with van der Waals surface area (Å²) in [5, 5.41) is 2.95. The molecule has 6 heteroatoms. The first-order valence-electron chi connectivity index (χ1n) is 9.56. The van der Waals surface area contributed by atoms with E-state index in [4.69, 9.17) is 4.74 Å². The maximum absolute atomic E-state index is 12.7. The van der Waals surface area contributed by atoms with Crippen LogP contribution in [-0.4, -0.2) is 61.4 Å². The summed E-state index contributed by atoms with van der Waals surface area (Å²) in [4.78, 5) is 28.8. The maximum Gasteiger partial charge on any atom is 0.253 e. The van der Waals surface area contributed by atoms with E-state index in [0.717, 1.165) is 11.1 Å². The predicted octanol–water partition coefficient (Wildman–Crippen LogP) is 1.91. The maximum atomic E-state index is 12.7. The lowest BCUT2D eigenvalue weighted by Crippen LogP contribution is -2.51. The summed E-state index contributed by atoms with van der Waals surface area (Å²) in [6.45, 7) is 4.03. The number of carbonyl (C=O) groups is 2. The highest BCUT2D eigenvalue weighted by Gasteiger charge is 2.23. The van der Waals surface area contributed by atoms with Gasteiger partial charge in [0.1, 0.15) is 0 Å². The van der Waals surface area contributed by atoms with Gasteiger partial charge in [0, 0.05) is 45.4 Å². The van der Waals surface area contributed by atoms with Crippen molar-refractivity contribution < 1.29 is 14.3 Å². The van der Waals surface area contributed by atoms with Crippen molar-refractivity contribution in [1.29, 1.82) is 0 Å². The fourth-order valence-electron chi connectivity index (χ4n) is 3.31. The van der Waals surface area contributed by atoms with E-state index in [1.54, 1.807) is 7.11 Å². The Kier molecular flexibility index (Phi) is 7.17. The summed E-state index contributed by atoms with van der Waals surface area (Å²) in [7, 11) is 1.64. The number of benzene rings is 2. The zero-order valence-electron chi connectivity index (χ0n) is 16.3. The van der Waals surface area contributed by atoms with E-state index in [-0.39, 0.29) is 11.8 Å². The summed E-state index contributed by atoms with van der Waals surface area (Å²) in [5.74, 6) is 0.0435. The first-order valence-corrected chi connectivity index (χ1v) is 9.56. The van der Waals surface area contributed by atoms with E-state index in [2.05, 4.69) is 10.2 Å². The third kappa shape index (κ3) is 5.65. The van der Waals surface area contributed by atoms with E-state index in [1.165, 1.54) is 0 Å². The lowest BCUT2D eigenvalue weighted by atomic mass is 10.1. The van der Waals surface area contributed by atoms with Crippen LogP contribution in [0.15, 0.2) is 54.6 Å². The third-order valence-corrected chi connectivity index (χ3v) is 4.84. The Morgan fingerprint density at radius 1 is 0.964 bits per heavy atom. The molecule has 1 aliphatic rings. The summed E-state index contributed by atoms with van der Waals surface area (Å²) in [5.41, 5.74) is 2.76. The highest BCUT2D eigenvalue weighted by Crippen LogP contribution is 2.12. The molecule has 28 heavy (non-hydrogen) atoms. The molecule has 1 heterocycles. The first kappa shape index (κ1) is 20.0. The second-order valence-electron chi connectivity index (χ2n) is 6.96. The quantitative estimate of drug-likeness (QED) is 0.796. The van der Waals surface area contributed by atoms with Crippen molar-refractivity contribution >= 4 is 11.8 Å². The summed E-state index contributed by atoms with van der Waals surface area (Å²) in [6.07, 6.45) is 0. The molecule has 1 fully saturated rings. The smallest absolute Gasteiger partial charge is 0.253 e. The van der Waals surface area contributed by atoms with Gasteiger partial charge in [-0.15, -0.1) is 0 Å². The number of amides is 2. The van der Waals surface area contributed by atoms with Crippen molar-refractivity contribution in [2.75, 3.05) is 39.8 Å². The molecular formula is C22H27N3O3. The van der Waals surface area contributed by atoms with E-state index in [1.807, 2.05) is 59.5 Å². The second kappa shape index (κ2) is 10.0. The number of methoxy groups -OCH3 is 1. The minimum absolute atomic E-state index is 0.0101. The molecule has 2 aromatic carbocycles. The SMILES string of the molecule is COCc1cccc(C(=O)N2CCN(CC(=O)NCc3ccccc3)CC2)c1. The van der Waals surface area contributed by atoms with Gasteiger partial charge >= 0.3 is 0 Å². The Balaban J connectivity index is 1.44. The number of ether oxygens (including phenoxy) is 1. The Bertz CT molecular complexity index is 787. The van der Waals surface area contributed by atoms with Crippen molar-refractivity contribution in [3.05, 3.63) is 71.3 Å². The van der Waals surface area contributed by atoms with Crippen molar-refractivity contribution in [2.24, 2.45) is 0 Å². The number of hydrogen-bond donors (Lipinski definition) is 1. The zero-order valence-corrected chi connectivity index (χ0v) is 16.3. The number of carbonyl (C=O) groups excluding carboxylic acids is 2. The molecule has 6 nitrogen and oxygen atoms in total. The number of nitrogens with one attached hydrogen (secondary N) is 1. The Morgan fingerprint density at radius 2 is 1.68 bits per heavy atom. The molecule has 2 amide bonds. The van der Waals surface area contributed by atoms with Gasteiger partial charge in [0.05, 0.1) is 13.2 Å². The van der Waals surface area contributed by atoms with Crippen LogP contribution in [0.5, 0.6) is 0 Å². The van der Waals surface area contributed by atoms with Gasteiger partial charge in [-0.3, -0.25) is 14.5 Å².